The Balaban J connectivity index is 2.85. The number of aryl methyl sites for hydroxylation is 1. The van der Waals surface area contributed by atoms with Gasteiger partial charge < -0.3 is 19.9 Å². The van der Waals surface area contributed by atoms with Crippen molar-refractivity contribution >= 4 is 5.97 Å². The smallest absolute Gasteiger partial charge is 0.335 e. The maximum atomic E-state index is 10.3. The van der Waals surface area contributed by atoms with Gasteiger partial charge in [0, 0.05) is 7.05 Å². The Morgan fingerprint density at radius 2 is 2.23 bits per heavy atom. The number of hydrogen-bond donors (Lipinski definition) is 3. The second-order valence-electron chi connectivity index (χ2n) is 2.66. The molecule has 72 valence electrons. The molecule has 13 heavy (non-hydrogen) atoms. The third-order valence-electron chi connectivity index (χ3n) is 1.71. The molecule has 0 saturated heterocycles. The maximum absolute atomic E-state index is 10.3. The van der Waals surface area contributed by atoms with Crippen LogP contribution in [-0.2, 0) is 11.8 Å². The van der Waals surface area contributed by atoms with Crippen LogP contribution in [0, 0.1) is 0 Å². The van der Waals surface area contributed by atoms with Gasteiger partial charge in [-0.2, -0.15) is 0 Å². The van der Waals surface area contributed by atoms with Crippen LogP contribution >= 0.6 is 0 Å². The lowest BCUT2D eigenvalue weighted by molar-refractivity contribution is -0.153. The van der Waals surface area contributed by atoms with E-state index in [4.69, 9.17) is 10.2 Å². The Morgan fingerprint density at radius 1 is 1.62 bits per heavy atom. The van der Waals surface area contributed by atoms with Crippen molar-refractivity contribution < 1.29 is 20.1 Å². The first-order valence-electron chi connectivity index (χ1n) is 3.59. The highest BCUT2D eigenvalue weighted by molar-refractivity contribution is 5.72. The van der Waals surface area contributed by atoms with Crippen LogP contribution in [0.1, 0.15) is 11.8 Å². The molecule has 0 saturated carbocycles. The molecule has 2 unspecified atom stereocenters. The Hall–Kier alpha value is -1.40. The molecule has 1 aromatic rings. The molecule has 1 aromatic heterocycles. The summed E-state index contributed by atoms with van der Waals surface area (Å²) in [6.45, 7) is 0. The third kappa shape index (κ3) is 1.85. The van der Waals surface area contributed by atoms with Gasteiger partial charge in [-0.15, -0.1) is 0 Å². The first kappa shape index (κ1) is 9.69. The van der Waals surface area contributed by atoms with E-state index in [1.54, 1.807) is 7.05 Å². The third-order valence-corrected chi connectivity index (χ3v) is 1.71. The first-order chi connectivity index (χ1) is 6.04. The summed E-state index contributed by atoms with van der Waals surface area (Å²) in [6, 6.07) is 0. The van der Waals surface area contributed by atoms with E-state index in [1.807, 2.05) is 0 Å². The average Bonchev–Trinajstić information content (AvgIpc) is 2.48. The van der Waals surface area contributed by atoms with E-state index in [2.05, 4.69) is 4.98 Å². The molecule has 0 amide bonds. The quantitative estimate of drug-likeness (QED) is 0.556. The largest absolute Gasteiger partial charge is 0.479 e. The highest BCUT2D eigenvalue weighted by Crippen LogP contribution is 2.15. The number of aliphatic carboxylic acids is 1. The predicted octanol–water partition coefficient (Wildman–Crippen LogP) is -1.10. The van der Waals surface area contributed by atoms with Gasteiger partial charge in [-0.05, 0) is 0 Å². The van der Waals surface area contributed by atoms with E-state index < -0.39 is 18.2 Å². The molecule has 0 aliphatic carbocycles. The van der Waals surface area contributed by atoms with Gasteiger partial charge >= 0.3 is 5.97 Å². The van der Waals surface area contributed by atoms with E-state index in [9.17, 15) is 9.90 Å². The number of carboxylic acid groups (broad SMARTS) is 1. The Labute approximate surface area is 74.1 Å². The predicted molar refractivity (Wildman–Crippen MR) is 41.8 cm³/mol. The molecule has 1 rings (SSSR count). The highest BCUT2D eigenvalue weighted by Gasteiger charge is 2.26. The molecule has 2 atom stereocenters. The fraction of sp³-hybridized carbons (Fsp3) is 0.429. The second kappa shape index (κ2) is 3.55. The van der Waals surface area contributed by atoms with Gasteiger partial charge in [0.1, 0.15) is 6.10 Å². The molecular formula is C7H10N2O4. The molecule has 0 radical (unpaired) electrons. The van der Waals surface area contributed by atoms with E-state index in [0.717, 1.165) is 0 Å². The van der Waals surface area contributed by atoms with Crippen molar-refractivity contribution in [2.75, 3.05) is 0 Å². The number of carbonyl (C=O) groups is 1. The van der Waals surface area contributed by atoms with Crippen LogP contribution in [0.25, 0.3) is 0 Å². The molecule has 6 nitrogen and oxygen atoms in total. The molecule has 0 aromatic carbocycles. The molecular weight excluding hydrogens is 176 g/mol. The minimum absolute atomic E-state index is 0.259. The lowest BCUT2D eigenvalue weighted by Gasteiger charge is -2.13. The minimum atomic E-state index is -1.82. The normalized spacial score (nSPS) is 15.3. The van der Waals surface area contributed by atoms with Crippen molar-refractivity contribution in [2.45, 2.75) is 12.2 Å². The summed E-state index contributed by atoms with van der Waals surface area (Å²) in [6.07, 6.45) is -0.565. The molecule has 0 spiro atoms. The van der Waals surface area contributed by atoms with Crippen LogP contribution in [0.15, 0.2) is 12.5 Å². The maximum Gasteiger partial charge on any atom is 0.335 e. The SMILES string of the molecule is Cn1cncc1C(O)C(O)C(=O)O. The van der Waals surface area contributed by atoms with E-state index in [1.165, 1.54) is 17.1 Å². The lowest BCUT2D eigenvalue weighted by atomic mass is 10.1. The number of imidazole rings is 1. The zero-order chi connectivity index (χ0) is 10.0. The van der Waals surface area contributed by atoms with Crippen LogP contribution in [-0.4, -0.2) is 36.9 Å². The van der Waals surface area contributed by atoms with Crippen molar-refractivity contribution in [1.29, 1.82) is 0 Å². The molecule has 1 heterocycles. The van der Waals surface area contributed by atoms with Gasteiger partial charge in [0.15, 0.2) is 6.10 Å². The number of aromatic nitrogens is 2. The summed E-state index contributed by atoms with van der Waals surface area (Å²) >= 11 is 0. The number of hydrogen-bond acceptors (Lipinski definition) is 4. The van der Waals surface area contributed by atoms with Gasteiger partial charge in [0.05, 0.1) is 18.2 Å². The number of carboxylic acids is 1. The lowest BCUT2D eigenvalue weighted by Crippen LogP contribution is -2.28. The fourth-order valence-electron chi connectivity index (χ4n) is 0.949. The Morgan fingerprint density at radius 3 is 2.62 bits per heavy atom. The van der Waals surface area contributed by atoms with Gasteiger partial charge in [-0.1, -0.05) is 0 Å². The van der Waals surface area contributed by atoms with Crippen molar-refractivity contribution in [3.05, 3.63) is 18.2 Å². The summed E-state index contributed by atoms with van der Waals surface area (Å²) in [4.78, 5) is 14.0. The van der Waals surface area contributed by atoms with Gasteiger partial charge in [0.2, 0.25) is 0 Å². The summed E-state index contributed by atoms with van der Waals surface area (Å²) < 4.78 is 1.44. The Bertz CT molecular complexity index is 309. The zero-order valence-corrected chi connectivity index (χ0v) is 6.95. The molecule has 6 heteroatoms. The van der Waals surface area contributed by atoms with Gasteiger partial charge in [-0.25, -0.2) is 9.78 Å². The van der Waals surface area contributed by atoms with E-state index in [-0.39, 0.29) is 5.69 Å². The van der Waals surface area contributed by atoms with Crippen LogP contribution in [0.2, 0.25) is 0 Å². The topological polar surface area (TPSA) is 95.6 Å². The highest BCUT2D eigenvalue weighted by atomic mass is 16.4. The molecule has 3 N–H and O–H groups in total. The number of aliphatic hydroxyl groups is 2. The van der Waals surface area contributed by atoms with Crippen LogP contribution in [0.3, 0.4) is 0 Å². The van der Waals surface area contributed by atoms with Crippen LogP contribution in [0.4, 0.5) is 0 Å². The van der Waals surface area contributed by atoms with Gasteiger partial charge in [-0.3, -0.25) is 0 Å². The monoisotopic (exact) mass is 186 g/mol. The van der Waals surface area contributed by atoms with Crippen molar-refractivity contribution in [3.8, 4) is 0 Å². The summed E-state index contributed by atoms with van der Waals surface area (Å²) in [5.41, 5.74) is 0.259. The molecule has 0 fully saturated rings. The fourth-order valence-corrected chi connectivity index (χ4v) is 0.949. The average molecular weight is 186 g/mol. The van der Waals surface area contributed by atoms with E-state index in [0.29, 0.717) is 0 Å². The summed E-state index contributed by atoms with van der Waals surface area (Å²) in [7, 11) is 1.60. The molecule has 0 bridgehead atoms. The van der Waals surface area contributed by atoms with Crippen LogP contribution < -0.4 is 0 Å². The van der Waals surface area contributed by atoms with Crippen LogP contribution in [0.5, 0.6) is 0 Å². The standard InChI is InChI=1S/C7H10N2O4/c1-9-3-8-2-4(9)5(10)6(11)7(12)13/h2-3,5-6,10-11H,1H3,(H,12,13). The molecule has 0 aliphatic heterocycles. The van der Waals surface area contributed by atoms with Crippen molar-refractivity contribution in [1.82, 2.24) is 9.55 Å². The number of nitrogens with zero attached hydrogens (tertiary/aromatic N) is 2. The van der Waals surface area contributed by atoms with E-state index >= 15 is 0 Å². The Kier molecular flexibility index (Phi) is 2.64. The van der Waals surface area contributed by atoms with Gasteiger partial charge in [0.25, 0.3) is 0 Å². The molecule has 0 aliphatic rings. The number of aliphatic hydroxyl groups excluding tert-OH is 2. The first-order valence-corrected chi connectivity index (χ1v) is 3.59. The number of rotatable bonds is 3. The second-order valence-corrected chi connectivity index (χ2v) is 2.66. The minimum Gasteiger partial charge on any atom is -0.479 e. The zero-order valence-electron chi connectivity index (χ0n) is 6.95. The van der Waals surface area contributed by atoms with Crippen molar-refractivity contribution in [2.24, 2.45) is 7.05 Å². The summed E-state index contributed by atoms with van der Waals surface area (Å²) in [5, 5.41) is 26.7. The van der Waals surface area contributed by atoms with Crippen molar-refractivity contribution in [3.63, 3.8) is 0 Å². The summed E-state index contributed by atoms with van der Waals surface area (Å²) in [5.74, 6) is -1.46.